The van der Waals surface area contributed by atoms with Crippen LogP contribution < -0.4 is 5.32 Å². The van der Waals surface area contributed by atoms with Crippen LogP contribution in [0.4, 0.5) is 10.2 Å². The summed E-state index contributed by atoms with van der Waals surface area (Å²) in [5.41, 5.74) is 2.60. The molecule has 0 aliphatic heterocycles. The van der Waals surface area contributed by atoms with Crippen molar-refractivity contribution < 1.29 is 13.6 Å². The Morgan fingerprint density at radius 2 is 2.13 bits per heavy atom. The first-order valence-corrected chi connectivity index (χ1v) is 10.1. The SMILES string of the molecule is Cc1c(C#N)c(NC(=O)CN(C)Cc2cc(Br)ccc2F)n(Cc2ccco2)c1C. The lowest BCUT2D eigenvalue weighted by molar-refractivity contribution is -0.117. The zero-order chi connectivity index (χ0) is 21.8. The zero-order valence-corrected chi connectivity index (χ0v) is 18.6. The van der Waals surface area contributed by atoms with Crippen LogP contribution in [0.1, 0.15) is 28.1 Å². The van der Waals surface area contributed by atoms with Crippen molar-refractivity contribution in [1.82, 2.24) is 9.47 Å². The van der Waals surface area contributed by atoms with Gasteiger partial charge in [0.1, 0.15) is 23.5 Å². The van der Waals surface area contributed by atoms with E-state index in [4.69, 9.17) is 4.42 Å². The number of carbonyl (C=O) groups excluding carboxylic acids is 1. The van der Waals surface area contributed by atoms with E-state index in [9.17, 15) is 14.4 Å². The Balaban J connectivity index is 1.76. The van der Waals surface area contributed by atoms with Crippen molar-refractivity contribution in [3.63, 3.8) is 0 Å². The van der Waals surface area contributed by atoms with Crippen molar-refractivity contribution in [3.8, 4) is 6.07 Å². The van der Waals surface area contributed by atoms with Crippen LogP contribution in [0.5, 0.6) is 0 Å². The van der Waals surface area contributed by atoms with Crippen LogP contribution in [-0.4, -0.2) is 29.0 Å². The molecule has 8 heteroatoms. The lowest BCUT2D eigenvalue weighted by atomic mass is 10.2. The molecule has 1 aromatic carbocycles. The van der Waals surface area contributed by atoms with Crippen LogP contribution in [0.15, 0.2) is 45.5 Å². The third-order valence-electron chi connectivity index (χ3n) is 4.95. The highest BCUT2D eigenvalue weighted by Crippen LogP contribution is 2.27. The molecule has 1 N–H and O–H groups in total. The highest BCUT2D eigenvalue weighted by atomic mass is 79.9. The van der Waals surface area contributed by atoms with Gasteiger partial charge in [-0.05, 0) is 56.8 Å². The number of nitrogens with one attached hydrogen (secondary N) is 1. The lowest BCUT2D eigenvalue weighted by Gasteiger charge is -2.18. The van der Waals surface area contributed by atoms with Crippen molar-refractivity contribution in [1.29, 1.82) is 5.26 Å². The van der Waals surface area contributed by atoms with E-state index in [0.29, 0.717) is 23.5 Å². The molecule has 2 heterocycles. The Kier molecular flexibility index (Phi) is 6.75. The monoisotopic (exact) mass is 472 g/mol. The van der Waals surface area contributed by atoms with Crippen LogP contribution in [0, 0.1) is 31.0 Å². The lowest BCUT2D eigenvalue weighted by Crippen LogP contribution is -2.31. The number of furan rings is 1. The summed E-state index contributed by atoms with van der Waals surface area (Å²) in [7, 11) is 1.74. The molecule has 3 rings (SSSR count). The second-order valence-electron chi connectivity index (χ2n) is 7.17. The highest BCUT2D eigenvalue weighted by molar-refractivity contribution is 9.10. The summed E-state index contributed by atoms with van der Waals surface area (Å²) < 4.78 is 22.1. The number of hydrogen-bond acceptors (Lipinski definition) is 4. The topological polar surface area (TPSA) is 74.2 Å². The number of anilines is 1. The summed E-state index contributed by atoms with van der Waals surface area (Å²) in [5.74, 6) is 0.546. The molecule has 3 aromatic rings. The predicted octanol–water partition coefficient (Wildman–Crippen LogP) is 4.59. The van der Waals surface area contributed by atoms with Crippen LogP contribution in [0.3, 0.4) is 0 Å². The van der Waals surface area contributed by atoms with Crippen molar-refractivity contribution in [2.45, 2.75) is 26.9 Å². The minimum absolute atomic E-state index is 0.0425. The normalized spacial score (nSPS) is 11.0. The molecule has 30 heavy (non-hydrogen) atoms. The van der Waals surface area contributed by atoms with Crippen LogP contribution in [0.25, 0.3) is 0 Å². The Morgan fingerprint density at radius 3 is 2.80 bits per heavy atom. The molecule has 6 nitrogen and oxygen atoms in total. The van der Waals surface area contributed by atoms with Crippen LogP contribution in [-0.2, 0) is 17.9 Å². The van der Waals surface area contributed by atoms with E-state index < -0.39 is 0 Å². The van der Waals surface area contributed by atoms with E-state index in [1.165, 1.54) is 6.07 Å². The molecule has 0 saturated heterocycles. The molecular weight excluding hydrogens is 451 g/mol. The summed E-state index contributed by atoms with van der Waals surface area (Å²) >= 11 is 3.33. The highest BCUT2D eigenvalue weighted by Gasteiger charge is 2.21. The predicted molar refractivity (Wildman–Crippen MR) is 115 cm³/mol. The number of hydrogen-bond donors (Lipinski definition) is 1. The minimum Gasteiger partial charge on any atom is -0.467 e. The Labute approximate surface area is 183 Å². The number of carbonyl (C=O) groups is 1. The van der Waals surface area contributed by atoms with Gasteiger partial charge in [-0.25, -0.2) is 4.39 Å². The maximum absolute atomic E-state index is 14.0. The third-order valence-corrected chi connectivity index (χ3v) is 5.45. The number of amides is 1. The summed E-state index contributed by atoms with van der Waals surface area (Å²) in [5, 5.41) is 12.5. The Bertz CT molecular complexity index is 1100. The van der Waals surface area contributed by atoms with E-state index >= 15 is 0 Å². The first-order valence-electron chi connectivity index (χ1n) is 9.34. The third kappa shape index (κ3) is 4.81. The second-order valence-corrected chi connectivity index (χ2v) is 8.08. The first kappa shape index (κ1) is 21.8. The Morgan fingerprint density at radius 1 is 1.37 bits per heavy atom. The first-order chi connectivity index (χ1) is 14.3. The van der Waals surface area contributed by atoms with Gasteiger partial charge in [0.2, 0.25) is 5.91 Å². The molecule has 0 spiro atoms. The molecule has 0 aliphatic carbocycles. The number of likely N-dealkylation sites (N-methyl/N-ethyl adjacent to an activating group) is 1. The molecule has 2 aromatic heterocycles. The zero-order valence-electron chi connectivity index (χ0n) is 17.0. The average Bonchev–Trinajstić information content (AvgIpc) is 3.27. The number of nitrogens with zero attached hydrogens (tertiary/aromatic N) is 3. The summed E-state index contributed by atoms with van der Waals surface area (Å²) in [6.45, 7) is 4.47. The summed E-state index contributed by atoms with van der Waals surface area (Å²) in [6.07, 6.45) is 1.58. The Hall–Kier alpha value is -2.89. The van der Waals surface area contributed by atoms with E-state index in [0.717, 1.165) is 21.5 Å². The number of nitriles is 1. The second kappa shape index (κ2) is 9.28. The van der Waals surface area contributed by atoms with E-state index in [1.807, 2.05) is 24.5 Å². The van der Waals surface area contributed by atoms with Crippen molar-refractivity contribution >= 4 is 27.7 Å². The van der Waals surface area contributed by atoms with Crippen molar-refractivity contribution in [2.24, 2.45) is 0 Å². The molecule has 0 radical (unpaired) electrons. The van der Waals surface area contributed by atoms with Gasteiger partial charge in [-0.15, -0.1) is 0 Å². The molecule has 0 aliphatic rings. The molecule has 0 fully saturated rings. The number of halogens is 2. The van der Waals surface area contributed by atoms with Gasteiger partial charge in [0.15, 0.2) is 0 Å². The summed E-state index contributed by atoms with van der Waals surface area (Å²) in [4.78, 5) is 14.4. The van der Waals surface area contributed by atoms with Gasteiger partial charge in [-0.1, -0.05) is 15.9 Å². The number of benzene rings is 1. The van der Waals surface area contributed by atoms with Crippen molar-refractivity contribution in [2.75, 3.05) is 18.9 Å². The number of aromatic nitrogens is 1. The fourth-order valence-electron chi connectivity index (χ4n) is 3.31. The van der Waals surface area contributed by atoms with Gasteiger partial charge in [0.05, 0.1) is 24.9 Å². The molecule has 1 amide bonds. The maximum Gasteiger partial charge on any atom is 0.239 e. The van der Waals surface area contributed by atoms with E-state index in [-0.39, 0.29) is 24.8 Å². The smallest absolute Gasteiger partial charge is 0.239 e. The van der Waals surface area contributed by atoms with Gasteiger partial charge in [-0.2, -0.15) is 5.26 Å². The average molecular weight is 473 g/mol. The fourth-order valence-corrected chi connectivity index (χ4v) is 3.72. The molecule has 0 saturated carbocycles. The molecule has 0 unspecified atom stereocenters. The fraction of sp³-hybridized carbons (Fsp3) is 0.273. The van der Waals surface area contributed by atoms with Gasteiger partial charge in [0, 0.05) is 22.3 Å². The largest absolute Gasteiger partial charge is 0.467 e. The molecule has 156 valence electrons. The summed E-state index contributed by atoms with van der Waals surface area (Å²) in [6, 6.07) is 10.5. The molecular formula is C22H22BrFN4O2. The minimum atomic E-state index is -0.323. The van der Waals surface area contributed by atoms with E-state index in [1.54, 1.807) is 36.4 Å². The van der Waals surface area contributed by atoms with Gasteiger partial charge in [-0.3, -0.25) is 9.69 Å². The van der Waals surface area contributed by atoms with E-state index in [2.05, 4.69) is 27.3 Å². The van der Waals surface area contributed by atoms with Gasteiger partial charge in [0.25, 0.3) is 0 Å². The molecule has 0 bridgehead atoms. The van der Waals surface area contributed by atoms with Gasteiger partial charge < -0.3 is 14.3 Å². The standard InChI is InChI=1S/C22H22BrFN4O2/c1-14-15(2)28(12-18-5-4-8-30-18)22(19(14)10-25)26-21(29)13-27(3)11-16-9-17(23)6-7-20(16)24/h4-9H,11-13H2,1-3H3,(H,26,29). The van der Waals surface area contributed by atoms with Crippen LogP contribution in [0.2, 0.25) is 0 Å². The molecule has 0 atom stereocenters. The maximum atomic E-state index is 14.0. The van der Waals surface area contributed by atoms with Crippen molar-refractivity contribution in [3.05, 3.63) is 75.0 Å². The van der Waals surface area contributed by atoms with Gasteiger partial charge >= 0.3 is 0 Å². The quantitative estimate of drug-likeness (QED) is 0.545. The van der Waals surface area contributed by atoms with Crippen LogP contribution >= 0.6 is 15.9 Å². The number of rotatable bonds is 7.